The summed E-state index contributed by atoms with van der Waals surface area (Å²) in [6.07, 6.45) is 3.59. The van der Waals surface area contributed by atoms with Crippen molar-refractivity contribution in [2.24, 2.45) is 0 Å². The molecule has 0 spiro atoms. The van der Waals surface area contributed by atoms with Gasteiger partial charge in [0.25, 0.3) is 0 Å². The zero-order valence-corrected chi connectivity index (χ0v) is 11.1. The molecule has 2 N–H and O–H groups in total. The molecule has 19 heavy (non-hydrogen) atoms. The van der Waals surface area contributed by atoms with E-state index in [0.29, 0.717) is 6.54 Å². The number of pyridine rings is 1. The van der Waals surface area contributed by atoms with Crippen molar-refractivity contribution in [3.05, 3.63) is 53.6 Å². The lowest BCUT2D eigenvalue weighted by atomic mass is 10.1. The molecule has 0 fully saturated rings. The Morgan fingerprint density at radius 1 is 1.11 bits per heavy atom. The first kappa shape index (κ1) is 11.7. The molecular weight excluding hydrogens is 236 g/mol. The van der Waals surface area contributed by atoms with Crippen molar-refractivity contribution in [2.45, 2.75) is 20.4 Å². The van der Waals surface area contributed by atoms with Crippen molar-refractivity contribution in [3.63, 3.8) is 0 Å². The number of hydrogen-bond acceptors (Lipinski definition) is 3. The van der Waals surface area contributed by atoms with Crippen molar-refractivity contribution < 1.29 is 0 Å². The summed E-state index contributed by atoms with van der Waals surface area (Å²) >= 11 is 0. The minimum Gasteiger partial charge on any atom is -0.399 e. The van der Waals surface area contributed by atoms with Gasteiger partial charge in [-0.2, -0.15) is 0 Å². The molecule has 0 amide bonds. The van der Waals surface area contributed by atoms with Crippen molar-refractivity contribution in [2.75, 3.05) is 5.73 Å². The molecule has 3 rings (SSSR count). The number of aryl methyl sites for hydroxylation is 2. The van der Waals surface area contributed by atoms with E-state index in [9.17, 15) is 0 Å². The second-order valence-electron chi connectivity index (χ2n) is 4.88. The first-order chi connectivity index (χ1) is 9.13. The van der Waals surface area contributed by atoms with Crippen LogP contribution in [0.1, 0.15) is 16.8 Å². The average Bonchev–Trinajstić information content (AvgIpc) is 2.73. The largest absolute Gasteiger partial charge is 0.399 e. The number of nitrogen functional groups attached to an aromatic ring is 1. The monoisotopic (exact) mass is 252 g/mol. The van der Waals surface area contributed by atoms with Crippen LogP contribution in [0.5, 0.6) is 0 Å². The van der Waals surface area contributed by atoms with E-state index in [1.165, 1.54) is 11.1 Å². The van der Waals surface area contributed by atoms with Crippen LogP contribution < -0.4 is 5.73 Å². The van der Waals surface area contributed by atoms with E-state index in [-0.39, 0.29) is 0 Å². The highest BCUT2D eigenvalue weighted by atomic mass is 15.0. The second-order valence-corrected chi connectivity index (χ2v) is 4.88. The molecule has 3 aromatic rings. The fourth-order valence-corrected chi connectivity index (χ4v) is 2.20. The van der Waals surface area contributed by atoms with Gasteiger partial charge in [0.2, 0.25) is 0 Å². The van der Waals surface area contributed by atoms with Crippen molar-refractivity contribution in [1.82, 2.24) is 14.5 Å². The molecular formula is C15H16N4. The van der Waals surface area contributed by atoms with Crippen LogP contribution in [0.25, 0.3) is 11.0 Å². The van der Waals surface area contributed by atoms with Gasteiger partial charge in [-0.15, -0.1) is 0 Å². The Morgan fingerprint density at radius 3 is 2.68 bits per heavy atom. The lowest BCUT2D eigenvalue weighted by Gasteiger charge is -2.06. The molecule has 2 aromatic heterocycles. The maximum atomic E-state index is 5.78. The number of nitrogens with two attached hydrogens (primary N) is 1. The topological polar surface area (TPSA) is 56.7 Å². The van der Waals surface area contributed by atoms with Gasteiger partial charge in [0.1, 0.15) is 0 Å². The minimum atomic E-state index is 0.685. The molecule has 0 unspecified atom stereocenters. The van der Waals surface area contributed by atoms with Gasteiger partial charge >= 0.3 is 0 Å². The third-order valence-electron chi connectivity index (χ3n) is 3.41. The smallest absolute Gasteiger partial charge is 0.0962 e. The third-order valence-corrected chi connectivity index (χ3v) is 3.41. The molecule has 96 valence electrons. The molecule has 0 bridgehead atoms. The number of anilines is 1. The summed E-state index contributed by atoms with van der Waals surface area (Å²) in [6, 6.07) is 7.98. The SMILES string of the molecule is Cc1cc2ncn(Cc3cc(N)ccn3)c2cc1C. The van der Waals surface area contributed by atoms with Gasteiger partial charge < -0.3 is 10.3 Å². The van der Waals surface area contributed by atoms with E-state index in [1.54, 1.807) is 12.3 Å². The number of fused-ring (bicyclic) bond motifs is 1. The van der Waals surface area contributed by atoms with Crippen LogP contribution in [0.2, 0.25) is 0 Å². The van der Waals surface area contributed by atoms with Gasteiger partial charge in [0, 0.05) is 11.9 Å². The van der Waals surface area contributed by atoms with Gasteiger partial charge in [-0.05, 0) is 49.2 Å². The van der Waals surface area contributed by atoms with E-state index in [2.05, 4.69) is 40.5 Å². The zero-order chi connectivity index (χ0) is 13.4. The van der Waals surface area contributed by atoms with Crippen LogP contribution in [0.4, 0.5) is 5.69 Å². The Bertz CT molecular complexity index is 743. The molecule has 0 atom stereocenters. The number of benzene rings is 1. The quantitative estimate of drug-likeness (QED) is 0.763. The molecule has 0 aliphatic carbocycles. The van der Waals surface area contributed by atoms with Crippen LogP contribution in [0.3, 0.4) is 0 Å². The highest BCUT2D eigenvalue weighted by molar-refractivity contribution is 5.77. The maximum Gasteiger partial charge on any atom is 0.0962 e. The summed E-state index contributed by atoms with van der Waals surface area (Å²) in [5.74, 6) is 0. The lowest BCUT2D eigenvalue weighted by Crippen LogP contribution is -2.01. The summed E-state index contributed by atoms with van der Waals surface area (Å²) in [7, 11) is 0. The molecule has 1 aromatic carbocycles. The minimum absolute atomic E-state index is 0.685. The lowest BCUT2D eigenvalue weighted by molar-refractivity contribution is 0.797. The zero-order valence-electron chi connectivity index (χ0n) is 11.1. The van der Waals surface area contributed by atoms with Gasteiger partial charge in [-0.1, -0.05) is 0 Å². The van der Waals surface area contributed by atoms with Crippen LogP contribution in [-0.4, -0.2) is 14.5 Å². The molecule has 4 nitrogen and oxygen atoms in total. The molecule has 0 saturated carbocycles. The highest BCUT2D eigenvalue weighted by Gasteiger charge is 2.06. The predicted octanol–water partition coefficient (Wildman–Crippen LogP) is 2.68. The summed E-state index contributed by atoms with van der Waals surface area (Å²) in [4.78, 5) is 8.78. The Kier molecular flexibility index (Phi) is 2.71. The molecule has 0 aliphatic heterocycles. The van der Waals surface area contributed by atoms with Crippen LogP contribution in [0.15, 0.2) is 36.8 Å². The number of hydrogen-bond donors (Lipinski definition) is 1. The summed E-state index contributed by atoms with van der Waals surface area (Å²) in [5.41, 5.74) is 12.1. The van der Waals surface area contributed by atoms with Crippen LogP contribution >= 0.6 is 0 Å². The number of rotatable bonds is 2. The molecule has 0 saturated heterocycles. The Morgan fingerprint density at radius 2 is 1.89 bits per heavy atom. The van der Waals surface area contributed by atoms with E-state index in [0.717, 1.165) is 22.4 Å². The molecule has 0 radical (unpaired) electrons. The Balaban J connectivity index is 2.04. The van der Waals surface area contributed by atoms with Crippen LogP contribution in [-0.2, 0) is 6.54 Å². The van der Waals surface area contributed by atoms with E-state index in [1.807, 2.05) is 12.4 Å². The fraction of sp³-hybridized carbons (Fsp3) is 0.200. The third kappa shape index (κ3) is 2.17. The van der Waals surface area contributed by atoms with E-state index in [4.69, 9.17) is 5.73 Å². The van der Waals surface area contributed by atoms with Crippen LogP contribution in [0, 0.1) is 13.8 Å². The molecule has 0 aliphatic rings. The van der Waals surface area contributed by atoms with Crippen molar-refractivity contribution in [3.8, 4) is 0 Å². The first-order valence-corrected chi connectivity index (χ1v) is 6.26. The fourth-order valence-electron chi connectivity index (χ4n) is 2.20. The van der Waals surface area contributed by atoms with Crippen molar-refractivity contribution >= 4 is 16.7 Å². The van der Waals surface area contributed by atoms with Crippen molar-refractivity contribution in [1.29, 1.82) is 0 Å². The maximum absolute atomic E-state index is 5.78. The number of nitrogens with zero attached hydrogens (tertiary/aromatic N) is 3. The average molecular weight is 252 g/mol. The van der Waals surface area contributed by atoms with Gasteiger partial charge in [-0.25, -0.2) is 4.98 Å². The predicted molar refractivity (Wildman–Crippen MR) is 77.0 cm³/mol. The molecule has 4 heteroatoms. The number of aromatic nitrogens is 3. The standard InChI is InChI=1S/C15H16N4/c1-10-5-14-15(6-11(10)2)19(9-18-14)8-13-7-12(16)3-4-17-13/h3-7,9H,8H2,1-2H3,(H2,16,17). The number of imidazole rings is 1. The van der Waals surface area contributed by atoms with E-state index >= 15 is 0 Å². The van der Waals surface area contributed by atoms with Gasteiger partial charge in [0.15, 0.2) is 0 Å². The summed E-state index contributed by atoms with van der Waals surface area (Å²) < 4.78 is 2.10. The molecule has 2 heterocycles. The van der Waals surface area contributed by atoms with E-state index < -0.39 is 0 Å². The summed E-state index contributed by atoms with van der Waals surface area (Å²) in [6.45, 7) is 4.90. The highest BCUT2D eigenvalue weighted by Crippen LogP contribution is 2.19. The Hall–Kier alpha value is -2.36. The Labute approximate surface area is 111 Å². The summed E-state index contributed by atoms with van der Waals surface area (Å²) in [5, 5.41) is 0. The second kappa shape index (κ2) is 4.39. The van der Waals surface area contributed by atoms with Gasteiger partial charge in [0.05, 0.1) is 29.6 Å². The first-order valence-electron chi connectivity index (χ1n) is 6.26. The van der Waals surface area contributed by atoms with Gasteiger partial charge in [-0.3, -0.25) is 4.98 Å². The normalized spacial score (nSPS) is 11.1.